The van der Waals surface area contributed by atoms with Crippen molar-refractivity contribution in [3.05, 3.63) is 59.4 Å². The lowest BCUT2D eigenvalue weighted by Crippen LogP contribution is -2.37. The minimum absolute atomic E-state index is 0.0504. The fraction of sp³-hybridized carbons (Fsp3) is 0.278. The fourth-order valence-corrected chi connectivity index (χ4v) is 2.31. The molecule has 2 N–H and O–H groups in total. The molecule has 0 aliphatic carbocycles. The Morgan fingerprint density at radius 3 is 2.52 bits per heavy atom. The highest BCUT2D eigenvalue weighted by Crippen LogP contribution is 2.13. The van der Waals surface area contributed by atoms with Crippen LogP contribution in [-0.4, -0.2) is 48.8 Å². The van der Waals surface area contributed by atoms with E-state index in [4.69, 9.17) is 16.3 Å². The number of halogens is 2. The van der Waals surface area contributed by atoms with Gasteiger partial charge in [0.1, 0.15) is 24.3 Å². The predicted octanol–water partition coefficient (Wildman–Crippen LogP) is 2.79. The summed E-state index contributed by atoms with van der Waals surface area (Å²) in [6, 6.07) is 12.4. The summed E-state index contributed by atoms with van der Waals surface area (Å²) in [6.07, 6.45) is -0.779. The molecule has 2 aromatic carbocycles. The van der Waals surface area contributed by atoms with E-state index < -0.39 is 6.10 Å². The van der Waals surface area contributed by atoms with E-state index in [1.54, 1.807) is 36.2 Å². The summed E-state index contributed by atoms with van der Waals surface area (Å²) in [5.41, 5.74) is 0.656. The van der Waals surface area contributed by atoms with Crippen LogP contribution in [0.15, 0.2) is 48.5 Å². The van der Waals surface area contributed by atoms with Crippen molar-refractivity contribution in [3.63, 3.8) is 0 Å². The smallest absolute Gasteiger partial charge is 0.238 e. The van der Waals surface area contributed by atoms with Crippen LogP contribution in [-0.2, 0) is 4.79 Å². The third-order valence-electron chi connectivity index (χ3n) is 3.32. The third kappa shape index (κ3) is 7.09. The highest BCUT2D eigenvalue weighted by atomic mass is 35.5. The molecule has 0 aliphatic heterocycles. The van der Waals surface area contributed by atoms with Crippen LogP contribution < -0.4 is 10.1 Å². The summed E-state index contributed by atoms with van der Waals surface area (Å²) in [5.74, 6) is -0.0700. The van der Waals surface area contributed by atoms with Crippen molar-refractivity contribution in [2.24, 2.45) is 0 Å². The first-order chi connectivity index (χ1) is 11.9. The van der Waals surface area contributed by atoms with Crippen LogP contribution in [0.2, 0.25) is 5.02 Å². The molecule has 0 spiro atoms. The fourth-order valence-electron chi connectivity index (χ4n) is 2.18. The molecular formula is C18H20ClFN2O3. The zero-order valence-electron chi connectivity index (χ0n) is 13.8. The second-order valence-corrected chi connectivity index (χ2v) is 6.11. The Labute approximate surface area is 151 Å². The molecule has 2 aromatic rings. The number of likely N-dealkylation sites (N-methyl/N-ethyl adjacent to an activating group) is 1. The van der Waals surface area contributed by atoms with E-state index in [0.29, 0.717) is 16.5 Å². The summed E-state index contributed by atoms with van der Waals surface area (Å²) in [4.78, 5) is 13.7. The Kier molecular flexibility index (Phi) is 7.18. The van der Waals surface area contributed by atoms with Crippen LogP contribution in [0, 0.1) is 5.82 Å². The van der Waals surface area contributed by atoms with E-state index in [0.717, 1.165) is 0 Å². The lowest BCUT2D eigenvalue weighted by Gasteiger charge is -2.20. The van der Waals surface area contributed by atoms with E-state index in [9.17, 15) is 14.3 Å². The second kappa shape index (κ2) is 9.36. The van der Waals surface area contributed by atoms with Gasteiger partial charge in [-0.15, -0.1) is 0 Å². The monoisotopic (exact) mass is 366 g/mol. The zero-order chi connectivity index (χ0) is 18.2. The first-order valence-electron chi connectivity index (χ1n) is 7.73. The maximum Gasteiger partial charge on any atom is 0.238 e. The quantitative estimate of drug-likeness (QED) is 0.754. The van der Waals surface area contributed by atoms with Crippen LogP contribution >= 0.6 is 11.6 Å². The summed E-state index contributed by atoms with van der Waals surface area (Å²) in [5, 5.41) is 13.3. The van der Waals surface area contributed by atoms with Gasteiger partial charge in [0.15, 0.2) is 0 Å². The van der Waals surface area contributed by atoms with E-state index >= 15 is 0 Å². The van der Waals surface area contributed by atoms with Crippen molar-refractivity contribution >= 4 is 23.2 Å². The zero-order valence-corrected chi connectivity index (χ0v) is 14.5. The molecule has 0 aromatic heterocycles. The molecule has 0 radical (unpaired) electrons. The molecule has 134 valence electrons. The number of hydrogen-bond donors (Lipinski definition) is 2. The predicted molar refractivity (Wildman–Crippen MR) is 95.5 cm³/mol. The number of amides is 1. The summed E-state index contributed by atoms with van der Waals surface area (Å²) >= 11 is 5.79. The molecule has 1 amide bonds. The van der Waals surface area contributed by atoms with Crippen molar-refractivity contribution < 1.29 is 19.0 Å². The largest absolute Gasteiger partial charge is 0.491 e. The molecule has 0 heterocycles. The first-order valence-corrected chi connectivity index (χ1v) is 8.10. The molecular weight excluding hydrogens is 347 g/mol. The maximum atomic E-state index is 12.8. The SMILES string of the molecule is CN(CC(=O)Nc1ccc(Cl)cc1)CC(O)COc1ccc(F)cc1. The molecule has 5 nitrogen and oxygen atoms in total. The Balaban J connectivity index is 1.71. The molecule has 1 atom stereocenters. The maximum absolute atomic E-state index is 12.8. The molecule has 7 heteroatoms. The number of hydrogen-bond acceptors (Lipinski definition) is 4. The van der Waals surface area contributed by atoms with Gasteiger partial charge in [0, 0.05) is 17.3 Å². The molecule has 25 heavy (non-hydrogen) atoms. The van der Waals surface area contributed by atoms with Gasteiger partial charge in [-0.1, -0.05) is 11.6 Å². The number of ether oxygens (including phenoxy) is 1. The van der Waals surface area contributed by atoms with Crippen LogP contribution in [0.4, 0.5) is 10.1 Å². The molecule has 0 fully saturated rings. The molecule has 0 aliphatic rings. The Hall–Kier alpha value is -2.15. The lowest BCUT2D eigenvalue weighted by atomic mass is 10.3. The number of carbonyl (C=O) groups is 1. The molecule has 0 saturated carbocycles. The number of rotatable bonds is 8. The highest BCUT2D eigenvalue weighted by molar-refractivity contribution is 6.30. The van der Waals surface area contributed by atoms with E-state index in [2.05, 4.69) is 5.32 Å². The first kappa shape index (κ1) is 19.2. The summed E-state index contributed by atoms with van der Waals surface area (Å²) in [6.45, 7) is 0.431. The minimum atomic E-state index is -0.779. The van der Waals surface area contributed by atoms with Gasteiger partial charge in [0.2, 0.25) is 5.91 Å². The van der Waals surface area contributed by atoms with Crippen LogP contribution in [0.3, 0.4) is 0 Å². The van der Waals surface area contributed by atoms with Gasteiger partial charge in [-0.2, -0.15) is 0 Å². The average molecular weight is 367 g/mol. The van der Waals surface area contributed by atoms with Crippen LogP contribution in [0.25, 0.3) is 0 Å². The van der Waals surface area contributed by atoms with Crippen molar-refractivity contribution in [2.45, 2.75) is 6.10 Å². The van der Waals surface area contributed by atoms with Crippen molar-refractivity contribution in [1.29, 1.82) is 0 Å². The Morgan fingerprint density at radius 2 is 1.88 bits per heavy atom. The summed E-state index contributed by atoms with van der Waals surface area (Å²) in [7, 11) is 1.72. The molecule has 0 saturated heterocycles. The van der Waals surface area contributed by atoms with Gasteiger partial charge < -0.3 is 15.2 Å². The minimum Gasteiger partial charge on any atom is -0.491 e. The van der Waals surface area contributed by atoms with E-state index in [1.165, 1.54) is 24.3 Å². The number of aliphatic hydroxyl groups is 1. The average Bonchev–Trinajstić information content (AvgIpc) is 2.56. The van der Waals surface area contributed by atoms with Gasteiger partial charge in [-0.05, 0) is 55.6 Å². The number of carbonyl (C=O) groups excluding carboxylic acids is 1. The van der Waals surface area contributed by atoms with Crippen molar-refractivity contribution in [1.82, 2.24) is 4.90 Å². The van der Waals surface area contributed by atoms with Crippen molar-refractivity contribution in [3.8, 4) is 5.75 Å². The third-order valence-corrected chi connectivity index (χ3v) is 3.57. The van der Waals surface area contributed by atoms with Gasteiger partial charge in [-0.3, -0.25) is 9.69 Å². The lowest BCUT2D eigenvalue weighted by molar-refractivity contribution is -0.117. The molecule has 1 unspecified atom stereocenters. The number of aliphatic hydroxyl groups excluding tert-OH is 1. The van der Waals surface area contributed by atoms with Crippen LogP contribution in [0.1, 0.15) is 0 Å². The second-order valence-electron chi connectivity index (χ2n) is 5.67. The van der Waals surface area contributed by atoms with Gasteiger partial charge >= 0.3 is 0 Å². The normalized spacial score (nSPS) is 12.0. The highest BCUT2D eigenvalue weighted by Gasteiger charge is 2.12. The van der Waals surface area contributed by atoms with Gasteiger partial charge in [-0.25, -0.2) is 4.39 Å². The Bertz CT molecular complexity index is 680. The summed E-state index contributed by atoms with van der Waals surface area (Å²) < 4.78 is 18.2. The van der Waals surface area contributed by atoms with E-state index in [1.807, 2.05) is 0 Å². The number of nitrogens with zero attached hydrogens (tertiary/aromatic N) is 1. The number of nitrogens with one attached hydrogen (secondary N) is 1. The number of benzene rings is 2. The standard InChI is InChI=1S/C18H20ClFN2O3/c1-22(11-18(24)21-15-6-2-13(19)3-7-15)10-16(23)12-25-17-8-4-14(20)5-9-17/h2-9,16,23H,10-12H2,1H3,(H,21,24). The van der Waals surface area contributed by atoms with Gasteiger partial charge in [0.05, 0.1) is 6.54 Å². The number of anilines is 1. The van der Waals surface area contributed by atoms with Crippen LogP contribution in [0.5, 0.6) is 5.75 Å². The molecule has 0 bridgehead atoms. The van der Waals surface area contributed by atoms with Crippen molar-refractivity contribution in [2.75, 3.05) is 32.1 Å². The Morgan fingerprint density at radius 1 is 1.24 bits per heavy atom. The molecule has 2 rings (SSSR count). The van der Waals surface area contributed by atoms with Gasteiger partial charge in [0.25, 0.3) is 0 Å². The topological polar surface area (TPSA) is 61.8 Å². The van der Waals surface area contributed by atoms with E-state index in [-0.39, 0.29) is 31.4 Å².